The van der Waals surface area contributed by atoms with E-state index in [1.165, 1.54) is 12.1 Å². The molecule has 0 aliphatic carbocycles. The Morgan fingerprint density at radius 2 is 2.23 bits per heavy atom. The Bertz CT molecular complexity index is 630. The number of aromatic nitrogens is 2. The molecule has 1 fully saturated rings. The van der Waals surface area contributed by atoms with Crippen LogP contribution in [0.5, 0.6) is 5.75 Å². The van der Waals surface area contributed by atoms with Gasteiger partial charge in [-0.3, -0.25) is 9.89 Å². The fourth-order valence-corrected chi connectivity index (χ4v) is 2.79. The molecule has 1 aliphatic rings. The number of benzene rings is 1. The Hall–Kier alpha value is -2.37. The molecule has 0 saturated carbocycles. The van der Waals surface area contributed by atoms with Crippen molar-refractivity contribution in [2.45, 2.75) is 25.3 Å². The molecule has 22 heavy (non-hydrogen) atoms. The zero-order valence-corrected chi connectivity index (χ0v) is 12.2. The highest BCUT2D eigenvalue weighted by molar-refractivity contribution is 5.78. The number of piperidine rings is 1. The van der Waals surface area contributed by atoms with E-state index in [2.05, 4.69) is 10.2 Å². The van der Waals surface area contributed by atoms with E-state index >= 15 is 0 Å². The lowest BCUT2D eigenvalue weighted by Crippen LogP contribution is -2.41. The second kappa shape index (κ2) is 6.60. The number of carbonyl (C=O) groups excluding carboxylic acids is 1. The topological polar surface area (TPSA) is 58.2 Å². The molecule has 1 unspecified atom stereocenters. The first kappa shape index (κ1) is 14.6. The summed E-state index contributed by atoms with van der Waals surface area (Å²) >= 11 is 0. The van der Waals surface area contributed by atoms with Gasteiger partial charge in [-0.1, -0.05) is 12.1 Å². The Kier molecular flexibility index (Phi) is 4.37. The van der Waals surface area contributed by atoms with Crippen LogP contribution < -0.4 is 4.74 Å². The summed E-state index contributed by atoms with van der Waals surface area (Å²) in [5.74, 6) is -0.493. The van der Waals surface area contributed by atoms with Crippen LogP contribution in [0.4, 0.5) is 4.39 Å². The monoisotopic (exact) mass is 303 g/mol. The van der Waals surface area contributed by atoms with Crippen LogP contribution in [0.2, 0.25) is 0 Å². The number of hydrogen-bond acceptors (Lipinski definition) is 3. The molecule has 1 atom stereocenters. The summed E-state index contributed by atoms with van der Waals surface area (Å²) in [6.45, 7) is 0.523. The third-order valence-corrected chi connectivity index (χ3v) is 3.89. The third-order valence-electron chi connectivity index (χ3n) is 3.89. The summed E-state index contributed by atoms with van der Waals surface area (Å²) in [7, 11) is 0. The summed E-state index contributed by atoms with van der Waals surface area (Å²) in [6.07, 6.45) is 4.62. The van der Waals surface area contributed by atoms with Gasteiger partial charge in [0, 0.05) is 12.7 Å². The molecule has 0 radical (unpaired) electrons. The molecule has 3 rings (SSSR count). The number of rotatable bonds is 4. The van der Waals surface area contributed by atoms with E-state index in [1.807, 2.05) is 6.07 Å². The maximum Gasteiger partial charge on any atom is 0.261 e. The quantitative estimate of drug-likeness (QED) is 0.944. The van der Waals surface area contributed by atoms with Crippen LogP contribution in [0, 0.1) is 5.82 Å². The van der Waals surface area contributed by atoms with E-state index < -0.39 is 5.82 Å². The summed E-state index contributed by atoms with van der Waals surface area (Å²) in [4.78, 5) is 14.2. The van der Waals surface area contributed by atoms with Crippen molar-refractivity contribution in [3.05, 3.63) is 48.0 Å². The first-order valence-electron chi connectivity index (χ1n) is 7.42. The SMILES string of the molecule is O=C(COc1ccccc1F)N1CCCCC1c1ccn[nH]1. The van der Waals surface area contributed by atoms with Gasteiger partial charge in [-0.15, -0.1) is 0 Å². The van der Waals surface area contributed by atoms with Crippen LogP contribution >= 0.6 is 0 Å². The molecule has 6 heteroatoms. The molecule has 1 aliphatic heterocycles. The van der Waals surface area contributed by atoms with Crippen LogP contribution in [0.15, 0.2) is 36.5 Å². The van der Waals surface area contributed by atoms with E-state index in [4.69, 9.17) is 4.74 Å². The summed E-state index contributed by atoms with van der Waals surface area (Å²) < 4.78 is 18.8. The number of halogens is 1. The molecule has 1 saturated heterocycles. The molecule has 1 aromatic heterocycles. The molecule has 0 spiro atoms. The lowest BCUT2D eigenvalue weighted by atomic mass is 9.99. The maximum atomic E-state index is 13.5. The van der Waals surface area contributed by atoms with Gasteiger partial charge in [0.15, 0.2) is 18.2 Å². The molecular formula is C16H18FN3O2. The Morgan fingerprint density at radius 1 is 1.36 bits per heavy atom. The van der Waals surface area contributed by atoms with Gasteiger partial charge in [-0.2, -0.15) is 5.10 Å². The second-order valence-corrected chi connectivity index (χ2v) is 5.33. The molecule has 0 bridgehead atoms. The Labute approximate surface area is 128 Å². The van der Waals surface area contributed by atoms with Crippen molar-refractivity contribution < 1.29 is 13.9 Å². The number of carbonyl (C=O) groups is 1. The largest absolute Gasteiger partial charge is 0.481 e. The van der Waals surface area contributed by atoms with Gasteiger partial charge in [0.2, 0.25) is 0 Å². The van der Waals surface area contributed by atoms with Crippen molar-refractivity contribution in [3.8, 4) is 5.75 Å². The summed E-state index contributed by atoms with van der Waals surface area (Å²) in [6, 6.07) is 7.97. The Balaban J connectivity index is 1.66. The summed E-state index contributed by atoms with van der Waals surface area (Å²) in [5, 5.41) is 6.88. The lowest BCUT2D eigenvalue weighted by molar-refractivity contribution is -0.137. The minimum atomic E-state index is -0.459. The van der Waals surface area contributed by atoms with Crippen LogP contribution in [-0.4, -0.2) is 34.2 Å². The fourth-order valence-electron chi connectivity index (χ4n) is 2.79. The van der Waals surface area contributed by atoms with Gasteiger partial charge in [0.25, 0.3) is 5.91 Å². The Morgan fingerprint density at radius 3 is 3.00 bits per heavy atom. The molecule has 1 aromatic carbocycles. The third kappa shape index (κ3) is 3.10. The van der Waals surface area contributed by atoms with Crippen molar-refractivity contribution in [2.24, 2.45) is 0 Å². The van der Waals surface area contributed by atoms with Crippen LogP contribution in [0.25, 0.3) is 0 Å². The predicted octanol–water partition coefficient (Wildman–Crippen LogP) is 2.68. The zero-order chi connectivity index (χ0) is 15.4. The van der Waals surface area contributed by atoms with Gasteiger partial charge in [-0.05, 0) is 37.5 Å². The predicted molar refractivity (Wildman–Crippen MR) is 78.8 cm³/mol. The van der Waals surface area contributed by atoms with Gasteiger partial charge >= 0.3 is 0 Å². The van der Waals surface area contributed by atoms with Gasteiger partial charge in [-0.25, -0.2) is 4.39 Å². The molecule has 1 N–H and O–H groups in total. The van der Waals surface area contributed by atoms with E-state index in [0.717, 1.165) is 25.0 Å². The number of aromatic amines is 1. The molecule has 1 amide bonds. The molecule has 2 heterocycles. The standard InChI is InChI=1S/C16H18FN3O2/c17-12-5-1-2-7-15(12)22-11-16(21)20-10-4-3-6-14(20)13-8-9-18-19-13/h1-2,5,7-9,14H,3-4,6,10-11H2,(H,18,19). The summed E-state index contributed by atoms with van der Waals surface area (Å²) in [5.41, 5.74) is 0.930. The molecule has 2 aromatic rings. The number of hydrogen-bond donors (Lipinski definition) is 1. The van der Waals surface area contributed by atoms with Crippen molar-refractivity contribution in [2.75, 3.05) is 13.2 Å². The lowest BCUT2D eigenvalue weighted by Gasteiger charge is -2.35. The van der Waals surface area contributed by atoms with Gasteiger partial charge in [0.1, 0.15) is 0 Å². The van der Waals surface area contributed by atoms with Crippen molar-refractivity contribution in [1.82, 2.24) is 15.1 Å². The zero-order valence-electron chi connectivity index (χ0n) is 12.2. The average molecular weight is 303 g/mol. The molecule has 5 nitrogen and oxygen atoms in total. The average Bonchev–Trinajstić information content (AvgIpc) is 3.08. The number of amides is 1. The fraction of sp³-hybridized carbons (Fsp3) is 0.375. The minimum Gasteiger partial charge on any atom is -0.481 e. The highest BCUT2D eigenvalue weighted by Crippen LogP contribution is 2.29. The van der Waals surface area contributed by atoms with Crippen molar-refractivity contribution >= 4 is 5.91 Å². The van der Waals surface area contributed by atoms with E-state index in [-0.39, 0.29) is 24.3 Å². The highest BCUT2D eigenvalue weighted by Gasteiger charge is 2.29. The van der Waals surface area contributed by atoms with Crippen LogP contribution in [0.1, 0.15) is 31.0 Å². The number of H-pyrrole nitrogens is 1. The number of ether oxygens (including phenoxy) is 1. The van der Waals surface area contributed by atoms with Crippen LogP contribution in [-0.2, 0) is 4.79 Å². The number of nitrogens with zero attached hydrogens (tertiary/aromatic N) is 2. The van der Waals surface area contributed by atoms with E-state index in [1.54, 1.807) is 23.2 Å². The van der Waals surface area contributed by atoms with Crippen molar-refractivity contribution in [1.29, 1.82) is 0 Å². The smallest absolute Gasteiger partial charge is 0.261 e. The molecular weight excluding hydrogens is 285 g/mol. The van der Waals surface area contributed by atoms with E-state index in [0.29, 0.717) is 6.54 Å². The first-order chi connectivity index (χ1) is 10.8. The normalized spacial score (nSPS) is 18.2. The van der Waals surface area contributed by atoms with Crippen LogP contribution in [0.3, 0.4) is 0 Å². The minimum absolute atomic E-state index is 0.00651. The van der Waals surface area contributed by atoms with Gasteiger partial charge < -0.3 is 9.64 Å². The number of nitrogens with one attached hydrogen (secondary N) is 1. The highest BCUT2D eigenvalue weighted by atomic mass is 19.1. The van der Waals surface area contributed by atoms with E-state index in [9.17, 15) is 9.18 Å². The second-order valence-electron chi connectivity index (χ2n) is 5.33. The van der Waals surface area contributed by atoms with Gasteiger partial charge in [0.05, 0.1) is 11.7 Å². The first-order valence-corrected chi connectivity index (χ1v) is 7.42. The van der Waals surface area contributed by atoms with Crippen molar-refractivity contribution in [3.63, 3.8) is 0 Å². The maximum absolute atomic E-state index is 13.5. The number of para-hydroxylation sites is 1. The molecule has 116 valence electrons. The number of likely N-dealkylation sites (tertiary alicyclic amines) is 1.